The van der Waals surface area contributed by atoms with Crippen LogP contribution in [0.2, 0.25) is 0 Å². The molecule has 17 heavy (non-hydrogen) atoms. The average Bonchev–Trinajstić information content (AvgIpc) is 2.18. The highest BCUT2D eigenvalue weighted by atomic mass is 35.5. The lowest BCUT2D eigenvalue weighted by Gasteiger charge is -2.17. The van der Waals surface area contributed by atoms with Crippen LogP contribution >= 0.6 is 11.6 Å². The maximum Gasteiger partial charge on any atom is 0.229 e. The fraction of sp³-hybridized carbons (Fsp3) is 0.500. The van der Waals surface area contributed by atoms with Crippen molar-refractivity contribution in [1.29, 1.82) is 0 Å². The van der Waals surface area contributed by atoms with Crippen LogP contribution in [-0.2, 0) is 11.2 Å². The Balaban J connectivity index is 2.66. The summed E-state index contributed by atoms with van der Waals surface area (Å²) >= 11 is 5.93. The van der Waals surface area contributed by atoms with Crippen molar-refractivity contribution >= 4 is 23.2 Å². The third-order valence-corrected chi connectivity index (χ3v) is 2.56. The number of halogens is 1. The largest absolute Gasteiger partial charge is 0.326 e. The van der Waals surface area contributed by atoms with Gasteiger partial charge in [0, 0.05) is 16.5 Å². The highest BCUT2D eigenvalue weighted by molar-refractivity contribution is 6.20. The molecule has 0 saturated carbocycles. The summed E-state index contributed by atoms with van der Waals surface area (Å²) in [6.45, 7) is 7.65. The molecular formula is C14H20ClNO. The van der Waals surface area contributed by atoms with E-state index in [0.29, 0.717) is 0 Å². The number of alkyl halides is 1. The highest BCUT2D eigenvalue weighted by Gasteiger charge is 2.20. The highest BCUT2D eigenvalue weighted by Crippen LogP contribution is 2.18. The molecule has 0 aliphatic rings. The van der Waals surface area contributed by atoms with Gasteiger partial charge >= 0.3 is 0 Å². The zero-order valence-electron chi connectivity index (χ0n) is 10.9. The second kappa shape index (κ2) is 5.54. The number of nitrogens with one attached hydrogen (secondary N) is 1. The van der Waals surface area contributed by atoms with E-state index in [9.17, 15) is 4.79 Å². The Labute approximate surface area is 108 Å². The van der Waals surface area contributed by atoms with E-state index in [1.54, 1.807) is 0 Å². The maximum atomic E-state index is 11.8. The van der Waals surface area contributed by atoms with Crippen molar-refractivity contribution in [2.45, 2.75) is 39.5 Å². The first kappa shape index (κ1) is 14.0. The number of hydrogen-bond donors (Lipinski definition) is 1. The van der Waals surface area contributed by atoms with Crippen molar-refractivity contribution in [2.24, 2.45) is 5.41 Å². The summed E-state index contributed by atoms with van der Waals surface area (Å²) < 4.78 is 0. The van der Waals surface area contributed by atoms with Gasteiger partial charge in [0.25, 0.3) is 0 Å². The number of hydrogen-bond acceptors (Lipinski definition) is 1. The van der Waals surface area contributed by atoms with E-state index < -0.39 is 0 Å². The van der Waals surface area contributed by atoms with Gasteiger partial charge in [0.05, 0.1) is 0 Å². The normalized spacial score (nSPS) is 13.2. The predicted molar refractivity (Wildman–Crippen MR) is 73.5 cm³/mol. The van der Waals surface area contributed by atoms with Gasteiger partial charge in [-0.2, -0.15) is 0 Å². The zero-order chi connectivity index (χ0) is 13.1. The fourth-order valence-corrected chi connectivity index (χ4v) is 1.55. The molecule has 0 radical (unpaired) electrons. The van der Waals surface area contributed by atoms with Gasteiger partial charge in [0.15, 0.2) is 0 Å². The molecule has 3 heteroatoms. The molecule has 0 saturated heterocycles. The summed E-state index contributed by atoms with van der Waals surface area (Å²) in [7, 11) is 0. The van der Waals surface area contributed by atoms with E-state index in [1.165, 1.54) is 5.56 Å². The van der Waals surface area contributed by atoms with Gasteiger partial charge in [-0.1, -0.05) is 32.9 Å². The molecule has 1 atom stereocenters. The minimum Gasteiger partial charge on any atom is -0.326 e. The number of anilines is 1. The molecule has 1 unspecified atom stereocenters. The van der Waals surface area contributed by atoms with Gasteiger partial charge in [-0.15, -0.1) is 11.6 Å². The van der Waals surface area contributed by atoms with E-state index in [4.69, 9.17) is 11.6 Å². The zero-order valence-corrected chi connectivity index (χ0v) is 11.6. The molecule has 1 rings (SSSR count). The quantitative estimate of drug-likeness (QED) is 0.815. The molecule has 2 nitrogen and oxygen atoms in total. The van der Waals surface area contributed by atoms with Crippen LogP contribution in [0.1, 0.15) is 33.3 Å². The Kier molecular flexibility index (Phi) is 4.58. The Morgan fingerprint density at radius 1 is 1.29 bits per heavy atom. The summed E-state index contributed by atoms with van der Waals surface area (Å²) in [4.78, 5) is 11.8. The van der Waals surface area contributed by atoms with Crippen molar-refractivity contribution in [3.63, 3.8) is 0 Å². The van der Waals surface area contributed by atoms with Crippen molar-refractivity contribution in [3.8, 4) is 0 Å². The summed E-state index contributed by atoms with van der Waals surface area (Å²) in [5, 5.41) is 3.02. The third-order valence-electron chi connectivity index (χ3n) is 2.41. The Morgan fingerprint density at radius 2 is 1.82 bits per heavy atom. The molecule has 0 aromatic heterocycles. The van der Waals surface area contributed by atoms with Crippen LogP contribution in [0.5, 0.6) is 0 Å². The second-order valence-corrected chi connectivity index (χ2v) is 6.13. The lowest BCUT2D eigenvalue weighted by Crippen LogP contribution is -2.27. The Hall–Kier alpha value is -1.02. The molecule has 0 fully saturated rings. The first-order valence-corrected chi connectivity index (χ1v) is 6.27. The molecule has 0 aliphatic carbocycles. The van der Waals surface area contributed by atoms with Crippen molar-refractivity contribution < 1.29 is 4.79 Å². The molecular weight excluding hydrogens is 234 g/mol. The van der Waals surface area contributed by atoms with Gasteiger partial charge in [-0.05, 0) is 31.0 Å². The average molecular weight is 254 g/mol. The van der Waals surface area contributed by atoms with E-state index in [0.717, 1.165) is 12.1 Å². The maximum absolute atomic E-state index is 11.8. The summed E-state index contributed by atoms with van der Waals surface area (Å²) in [6, 6.07) is 7.82. The van der Waals surface area contributed by atoms with Gasteiger partial charge in [-0.3, -0.25) is 4.79 Å². The first-order valence-electron chi connectivity index (χ1n) is 5.83. The van der Waals surface area contributed by atoms with Gasteiger partial charge in [0.2, 0.25) is 5.91 Å². The summed E-state index contributed by atoms with van der Waals surface area (Å²) in [5.41, 5.74) is 1.64. The Morgan fingerprint density at radius 3 is 2.24 bits per heavy atom. The summed E-state index contributed by atoms with van der Waals surface area (Å²) in [5.74, 6) is 0.0240. The molecule has 0 bridgehead atoms. The van der Waals surface area contributed by atoms with Crippen molar-refractivity contribution in [3.05, 3.63) is 29.8 Å². The van der Waals surface area contributed by atoms with Crippen LogP contribution in [-0.4, -0.2) is 11.3 Å². The van der Waals surface area contributed by atoms with E-state index in [2.05, 4.69) is 5.32 Å². The van der Waals surface area contributed by atoms with Crippen LogP contribution < -0.4 is 5.32 Å². The van der Waals surface area contributed by atoms with E-state index >= 15 is 0 Å². The van der Waals surface area contributed by atoms with Gasteiger partial charge in [0.1, 0.15) is 0 Å². The molecule has 94 valence electrons. The monoisotopic (exact) mass is 253 g/mol. The molecule has 1 N–H and O–H groups in total. The number of rotatable bonds is 3. The topological polar surface area (TPSA) is 29.1 Å². The van der Waals surface area contributed by atoms with Gasteiger partial charge in [-0.25, -0.2) is 0 Å². The number of benzene rings is 1. The number of carbonyl (C=O) groups is 1. The van der Waals surface area contributed by atoms with Crippen LogP contribution in [0.4, 0.5) is 5.69 Å². The smallest absolute Gasteiger partial charge is 0.229 e. The van der Waals surface area contributed by atoms with Crippen molar-refractivity contribution in [1.82, 2.24) is 0 Å². The number of amides is 1. The Bertz CT molecular complexity index is 376. The molecule has 0 aliphatic heterocycles. The van der Waals surface area contributed by atoms with Crippen LogP contribution in [0.15, 0.2) is 24.3 Å². The lowest BCUT2D eigenvalue weighted by atomic mass is 9.95. The number of carbonyl (C=O) groups excluding carboxylic acids is 1. The van der Waals surface area contributed by atoms with Crippen molar-refractivity contribution in [2.75, 3.05) is 5.32 Å². The molecule has 1 aromatic rings. The van der Waals surface area contributed by atoms with E-state index in [1.807, 2.05) is 52.0 Å². The van der Waals surface area contributed by atoms with Gasteiger partial charge < -0.3 is 5.32 Å². The third kappa shape index (κ3) is 4.78. The first-order chi connectivity index (χ1) is 7.79. The molecule has 1 amide bonds. The fourth-order valence-electron chi connectivity index (χ4n) is 1.37. The standard InChI is InChI=1S/C14H20ClNO/c1-10(15)9-11-5-7-12(8-6-11)16-13(17)14(2,3)4/h5-8,10H,9H2,1-4H3,(H,16,17). The SMILES string of the molecule is CC(Cl)Cc1ccc(NC(=O)C(C)(C)C)cc1. The minimum absolute atomic E-state index is 0.0240. The van der Waals surface area contributed by atoms with E-state index in [-0.39, 0.29) is 16.7 Å². The summed E-state index contributed by atoms with van der Waals surface area (Å²) in [6.07, 6.45) is 0.842. The molecule has 0 heterocycles. The van der Waals surface area contributed by atoms with Crippen LogP contribution in [0, 0.1) is 5.41 Å². The lowest BCUT2D eigenvalue weighted by molar-refractivity contribution is -0.123. The second-order valence-electron chi connectivity index (χ2n) is 5.39. The van der Waals surface area contributed by atoms with Crippen LogP contribution in [0.25, 0.3) is 0 Å². The minimum atomic E-state index is -0.372. The predicted octanol–water partition coefficient (Wildman–Crippen LogP) is 3.84. The molecule has 1 aromatic carbocycles. The van der Waals surface area contributed by atoms with Crippen LogP contribution in [0.3, 0.4) is 0 Å². The molecule has 0 spiro atoms.